The van der Waals surface area contributed by atoms with Gasteiger partial charge < -0.3 is 10.2 Å². The second-order valence-electron chi connectivity index (χ2n) is 5.70. The van der Waals surface area contributed by atoms with E-state index >= 15 is 0 Å². The maximum absolute atomic E-state index is 13.0. The van der Waals surface area contributed by atoms with Gasteiger partial charge in [-0.15, -0.1) is 5.10 Å². The largest absolute Gasteiger partial charge is 0.364 e. The average Bonchev–Trinajstić information content (AvgIpc) is 3.05. The second-order valence-corrected chi connectivity index (χ2v) is 5.70. The van der Waals surface area contributed by atoms with Crippen molar-refractivity contribution in [2.45, 2.75) is 6.54 Å². The summed E-state index contributed by atoms with van der Waals surface area (Å²) in [6.45, 7) is 0.424. The molecule has 0 spiro atoms. The van der Waals surface area contributed by atoms with Gasteiger partial charge in [-0.3, -0.25) is 4.79 Å². The molecule has 3 aromatic rings. The summed E-state index contributed by atoms with van der Waals surface area (Å²) in [4.78, 5) is 18.2. The molecular weight excluding hydrogens is 321 g/mol. The minimum absolute atomic E-state index is 0.163. The van der Waals surface area contributed by atoms with Crippen LogP contribution in [0.2, 0.25) is 0 Å². The standard InChI is InChI=1S/C18H18FN5O/c1-23(2)18(25)15-12-24(16-5-3-4-10-20-16)22-17(15)21-11-13-6-8-14(19)9-7-13/h3-10,12H,11H2,1-2H3,(H,21,22). The van der Waals surface area contributed by atoms with Crippen LogP contribution in [0.5, 0.6) is 0 Å². The number of anilines is 1. The van der Waals surface area contributed by atoms with Crippen LogP contribution >= 0.6 is 0 Å². The van der Waals surface area contributed by atoms with Gasteiger partial charge in [0, 0.05) is 33.0 Å². The topological polar surface area (TPSA) is 63.1 Å². The molecule has 0 aliphatic carbocycles. The van der Waals surface area contributed by atoms with Crippen molar-refractivity contribution in [3.8, 4) is 5.82 Å². The number of carbonyl (C=O) groups is 1. The molecule has 0 radical (unpaired) electrons. The monoisotopic (exact) mass is 339 g/mol. The number of halogens is 1. The molecule has 6 nitrogen and oxygen atoms in total. The number of amides is 1. The smallest absolute Gasteiger partial charge is 0.258 e. The van der Waals surface area contributed by atoms with Crippen molar-refractivity contribution >= 4 is 11.7 Å². The van der Waals surface area contributed by atoms with E-state index in [1.807, 2.05) is 12.1 Å². The maximum atomic E-state index is 13.0. The molecule has 2 heterocycles. The third-order valence-corrected chi connectivity index (χ3v) is 3.61. The van der Waals surface area contributed by atoms with Crippen molar-refractivity contribution in [3.63, 3.8) is 0 Å². The second kappa shape index (κ2) is 7.12. The summed E-state index contributed by atoms with van der Waals surface area (Å²) >= 11 is 0. The van der Waals surface area contributed by atoms with Crippen molar-refractivity contribution < 1.29 is 9.18 Å². The summed E-state index contributed by atoms with van der Waals surface area (Å²) in [6, 6.07) is 11.6. The first-order valence-electron chi connectivity index (χ1n) is 7.75. The lowest BCUT2D eigenvalue weighted by molar-refractivity contribution is 0.0828. The summed E-state index contributed by atoms with van der Waals surface area (Å²) < 4.78 is 14.6. The molecule has 25 heavy (non-hydrogen) atoms. The van der Waals surface area contributed by atoms with Gasteiger partial charge >= 0.3 is 0 Å². The molecule has 3 rings (SSSR count). The lowest BCUT2D eigenvalue weighted by atomic mass is 10.2. The van der Waals surface area contributed by atoms with Gasteiger partial charge in [-0.2, -0.15) is 0 Å². The molecule has 0 atom stereocenters. The highest BCUT2D eigenvalue weighted by Gasteiger charge is 2.19. The Morgan fingerprint density at radius 2 is 1.96 bits per heavy atom. The predicted octanol–water partition coefficient (Wildman–Crippen LogP) is 2.72. The van der Waals surface area contributed by atoms with Crippen LogP contribution in [0.3, 0.4) is 0 Å². The van der Waals surface area contributed by atoms with E-state index in [1.54, 1.807) is 49.4 Å². The summed E-state index contributed by atoms with van der Waals surface area (Å²) in [5, 5.41) is 7.58. The van der Waals surface area contributed by atoms with Gasteiger partial charge in [-0.05, 0) is 29.8 Å². The van der Waals surface area contributed by atoms with Crippen LogP contribution in [0.15, 0.2) is 54.9 Å². The number of nitrogens with one attached hydrogen (secondary N) is 1. The van der Waals surface area contributed by atoms with Crippen LogP contribution in [0.4, 0.5) is 10.2 Å². The number of hydrogen-bond acceptors (Lipinski definition) is 4. The van der Waals surface area contributed by atoms with E-state index in [2.05, 4.69) is 15.4 Å². The Hall–Kier alpha value is -3.22. The molecule has 0 saturated heterocycles. The summed E-state index contributed by atoms with van der Waals surface area (Å²) in [6.07, 6.45) is 3.31. The molecule has 0 saturated carbocycles. The van der Waals surface area contributed by atoms with Gasteiger partial charge in [-0.1, -0.05) is 18.2 Å². The number of nitrogens with zero attached hydrogens (tertiary/aromatic N) is 4. The number of benzene rings is 1. The molecule has 0 aliphatic rings. The zero-order valence-corrected chi connectivity index (χ0v) is 14.0. The van der Waals surface area contributed by atoms with Crippen LogP contribution in [-0.4, -0.2) is 39.7 Å². The molecule has 1 aromatic carbocycles. The van der Waals surface area contributed by atoms with Gasteiger partial charge in [0.1, 0.15) is 11.4 Å². The Kier molecular flexibility index (Phi) is 4.74. The summed E-state index contributed by atoms with van der Waals surface area (Å²) in [5.74, 6) is 0.620. The van der Waals surface area contributed by atoms with Crippen molar-refractivity contribution in [1.82, 2.24) is 19.7 Å². The Morgan fingerprint density at radius 1 is 1.20 bits per heavy atom. The van der Waals surface area contributed by atoms with Crippen molar-refractivity contribution in [1.29, 1.82) is 0 Å². The van der Waals surface area contributed by atoms with E-state index in [-0.39, 0.29) is 11.7 Å². The lowest BCUT2D eigenvalue weighted by Crippen LogP contribution is -2.22. The SMILES string of the molecule is CN(C)C(=O)c1cn(-c2ccccn2)nc1NCc1ccc(F)cc1. The van der Waals surface area contributed by atoms with E-state index in [4.69, 9.17) is 0 Å². The zero-order valence-electron chi connectivity index (χ0n) is 14.0. The van der Waals surface area contributed by atoms with Crippen LogP contribution in [0.1, 0.15) is 15.9 Å². The van der Waals surface area contributed by atoms with Crippen LogP contribution in [0.25, 0.3) is 5.82 Å². The fourth-order valence-corrected chi connectivity index (χ4v) is 2.30. The molecule has 0 aliphatic heterocycles. The van der Waals surface area contributed by atoms with E-state index < -0.39 is 0 Å². The Labute approximate surface area is 144 Å². The van der Waals surface area contributed by atoms with Gasteiger partial charge in [0.25, 0.3) is 5.91 Å². The molecule has 128 valence electrons. The molecule has 0 fully saturated rings. The predicted molar refractivity (Wildman–Crippen MR) is 93.1 cm³/mol. The fourth-order valence-electron chi connectivity index (χ4n) is 2.30. The first kappa shape index (κ1) is 16.6. The van der Waals surface area contributed by atoms with Crippen LogP contribution in [-0.2, 0) is 6.54 Å². The molecular formula is C18H18FN5O. The van der Waals surface area contributed by atoms with E-state index in [9.17, 15) is 9.18 Å². The highest BCUT2D eigenvalue weighted by molar-refractivity contribution is 5.98. The van der Waals surface area contributed by atoms with Gasteiger partial charge in [0.15, 0.2) is 11.6 Å². The highest BCUT2D eigenvalue weighted by atomic mass is 19.1. The molecule has 1 amide bonds. The molecule has 2 aromatic heterocycles. The van der Waals surface area contributed by atoms with Crippen LogP contribution < -0.4 is 5.32 Å². The molecule has 0 bridgehead atoms. The average molecular weight is 339 g/mol. The summed E-state index contributed by atoms with van der Waals surface area (Å²) in [7, 11) is 3.37. The number of rotatable bonds is 5. The number of pyridine rings is 1. The third-order valence-electron chi connectivity index (χ3n) is 3.61. The van der Waals surface area contributed by atoms with Crippen molar-refractivity contribution in [3.05, 3.63) is 71.8 Å². The number of hydrogen-bond donors (Lipinski definition) is 1. The van der Waals surface area contributed by atoms with E-state index in [1.165, 1.54) is 17.0 Å². The minimum Gasteiger partial charge on any atom is -0.364 e. The number of carbonyl (C=O) groups excluding carboxylic acids is 1. The first-order chi connectivity index (χ1) is 12.0. The van der Waals surface area contributed by atoms with Gasteiger partial charge in [-0.25, -0.2) is 14.1 Å². The normalized spacial score (nSPS) is 10.5. The molecule has 0 unspecified atom stereocenters. The Bertz CT molecular complexity index is 859. The lowest BCUT2D eigenvalue weighted by Gasteiger charge is -2.10. The highest BCUT2D eigenvalue weighted by Crippen LogP contribution is 2.18. The maximum Gasteiger partial charge on any atom is 0.258 e. The van der Waals surface area contributed by atoms with Crippen LogP contribution in [0, 0.1) is 5.82 Å². The zero-order chi connectivity index (χ0) is 17.8. The molecule has 1 N–H and O–H groups in total. The Morgan fingerprint density at radius 3 is 2.60 bits per heavy atom. The number of aromatic nitrogens is 3. The third kappa shape index (κ3) is 3.82. The van der Waals surface area contributed by atoms with E-state index in [0.717, 1.165) is 5.56 Å². The van der Waals surface area contributed by atoms with Crippen molar-refractivity contribution in [2.75, 3.05) is 19.4 Å². The Balaban J connectivity index is 1.89. The molecule has 7 heteroatoms. The fraction of sp³-hybridized carbons (Fsp3) is 0.167. The minimum atomic E-state index is -0.286. The first-order valence-corrected chi connectivity index (χ1v) is 7.75. The summed E-state index contributed by atoms with van der Waals surface area (Å²) in [5.41, 5.74) is 1.33. The van der Waals surface area contributed by atoms with Crippen molar-refractivity contribution in [2.24, 2.45) is 0 Å². The van der Waals surface area contributed by atoms with Gasteiger partial charge in [0.05, 0.1) is 0 Å². The quantitative estimate of drug-likeness (QED) is 0.776. The van der Waals surface area contributed by atoms with E-state index in [0.29, 0.717) is 23.7 Å². The van der Waals surface area contributed by atoms with Gasteiger partial charge in [0.2, 0.25) is 0 Å².